The number of nitrogens with zero attached hydrogens (tertiary/aromatic N) is 1. The van der Waals surface area contributed by atoms with Crippen molar-refractivity contribution in [1.29, 1.82) is 5.26 Å². The quantitative estimate of drug-likeness (QED) is 0.832. The normalized spacial score (nSPS) is 10.9. The summed E-state index contributed by atoms with van der Waals surface area (Å²) in [5.74, 6) is -0.0573. The molecule has 0 heterocycles. The van der Waals surface area contributed by atoms with Gasteiger partial charge in [0.2, 0.25) is 10.0 Å². The maximum atomic E-state index is 11.4. The summed E-state index contributed by atoms with van der Waals surface area (Å²) in [6.07, 6.45) is 0. The van der Waals surface area contributed by atoms with Crippen molar-refractivity contribution >= 4 is 27.3 Å². The number of hydrogen-bond donors (Lipinski definition) is 2. The van der Waals surface area contributed by atoms with E-state index in [0.717, 1.165) is 0 Å². The summed E-state index contributed by atoms with van der Waals surface area (Å²) in [6, 6.07) is 6.81. The maximum Gasteiger partial charge on any atom is 0.213 e. The molecule has 0 bridgehead atoms. The molecule has 1 aromatic rings. The van der Waals surface area contributed by atoms with Crippen LogP contribution < -0.4 is 10.0 Å². The highest BCUT2D eigenvalue weighted by Gasteiger charge is 2.08. The number of halogens is 1. The molecule has 0 aliphatic rings. The third-order valence-electron chi connectivity index (χ3n) is 2.15. The second kappa shape index (κ2) is 6.59. The van der Waals surface area contributed by atoms with E-state index in [1.807, 2.05) is 6.07 Å². The average molecular weight is 288 g/mol. The number of rotatable bonds is 6. The van der Waals surface area contributed by atoms with Gasteiger partial charge in [-0.15, -0.1) is 0 Å². The van der Waals surface area contributed by atoms with Crippen LogP contribution in [-0.2, 0) is 10.0 Å². The predicted molar refractivity (Wildman–Crippen MR) is 72.1 cm³/mol. The Hall–Kier alpha value is -1.29. The summed E-state index contributed by atoms with van der Waals surface area (Å²) in [4.78, 5) is 0. The minimum absolute atomic E-state index is 0.0573. The molecule has 1 aromatic carbocycles. The fourth-order valence-electron chi connectivity index (χ4n) is 1.37. The molecule has 18 heavy (non-hydrogen) atoms. The molecule has 0 aliphatic heterocycles. The van der Waals surface area contributed by atoms with Gasteiger partial charge in [0.1, 0.15) is 6.07 Å². The summed E-state index contributed by atoms with van der Waals surface area (Å²) >= 11 is 5.81. The molecular weight excluding hydrogens is 274 g/mol. The van der Waals surface area contributed by atoms with E-state index >= 15 is 0 Å². The van der Waals surface area contributed by atoms with Crippen molar-refractivity contribution in [3.8, 4) is 6.07 Å². The molecule has 0 unspecified atom stereocenters. The van der Waals surface area contributed by atoms with Crippen molar-refractivity contribution in [3.05, 3.63) is 28.8 Å². The Morgan fingerprint density at radius 1 is 1.44 bits per heavy atom. The van der Waals surface area contributed by atoms with Gasteiger partial charge >= 0.3 is 0 Å². The highest BCUT2D eigenvalue weighted by Crippen LogP contribution is 2.19. The number of hydrogen-bond acceptors (Lipinski definition) is 4. The molecule has 5 nitrogen and oxygen atoms in total. The van der Waals surface area contributed by atoms with Crippen LogP contribution in [0.5, 0.6) is 0 Å². The van der Waals surface area contributed by atoms with Crippen molar-refractivity contribution in [2.24, 2.45) is 0 Å². The molecule has 0 saturated heterocycles. The Labute approximate surface area is 112 Å². The van der Waals surface area contributed by atoms with Crippen LogP contribution in [0.3, 0.4) is 0 Å². The molecule has 7 heteroatoms. The van der Waals surface area contributed by atoms with E-state index in [1.165, 1.54) is 0 Å². The highest BCUT2D eigenvalue weighted by atomic mass is 35.5. The molecule has 0 fully saturated rings. The smallest absolute Gasteiger partial charge is 0.213 e. The standard InChI is InChI=1S/C11H14ClN3O2S/c1-2-15-18(16,17)6-5-14-11-7-10(12)4-3-9(11)8-13/h3-4,7,14-15H,2,5-6H2,1H3. The Balaban J connectivity index is 2.65. The molecular formula is C11H14ClN3O2S. The van der Waals surface area contributed by atoms with Gasteiger partial charge < -0.3 is 5.32 Å². The summed E-state index contributed by atoms with van der Waals surface area (Å²) in [5.41, 5.74) is 0.969. The largest absolute Gasteiger partial charge is 0.383 e. The molecule has 0 amide bonds. The average Bonchev–Trinajstić information content (AvgIpc) is 2.29. The van der Waals surface area contributed by atoms with Crippen molar-refractivity contribution in [2.45, 2.75) is 6.92 Å². The van der Waals surface area contributed by atoms with Crippen LogP contribution in [0.1, 0.15) is 12.5 Å². The number of nitriles is 1. The van der Waals surface area contributed by atoms with Crippen LogP contribution in [0.15, 0.2) is 18.2 Å². The summed E-state index contributed by atoms with van der Waals surface area (Å²) in [7, 11) is -3.26. The van der Waals surface area contributed by atoms with Gasteiger partial charge in [-0.05, 0) is 18.2 Å². The van der Waals surface area contributed by atoms with Crippen LogP contribution in [0, 0.1) is 11.3 Å². The van der Waals surface area contributed by atoms with Gasteiger partial charge in [-0.25, -0.2) is 13.1 Å². The van der Waals surface area contributed by atoms with E-state index in [4.69, 9.17) is 16.9 Å². The van der Waals surface area contributed by atoms with Gasteiger partial charge in [0.05, 0.1) is 17.0 Å². The van der Waals surface area contributed by atoms with E-state index in [2.05, 4.69) is 10.0 Å². The fraction of sp³-hybridized carbons (Fsp3) is 0.364. The minimum Gasteiger partial charge on any atom is -0.383 e. The van der Waals surface area contributed by atoms with Crippen molar-refractivity contribution in [2.75, 3.05) is 24.2 Å². The maximum absolute atomic E-state index is 11.4. The first-order chi connectivity index (χ1) is 8.48. The summed E-state index contributed by atoms with van der Waals surface area (Å²) < 4.78 is 25.2. The Morgan fingerprint density at radius 2 is 2.17 bits per heavy atom. The van der Waals surface area contributed by atoms with E-state index in [1.54, 1.807) is 25.1 Å². The lowest BCUT2D eigenvalue weighted by Gasteiger charge is -2.09. The van der Waals surface area contributed by atoms with Crippen molar-refractivity contribution in [3.63, 3.8) is 0 Å². The first-order valence-electron chi connectivity index (χ1n) is 5.39. The molecule has 0 saturated carbocycles. The zero-order valence-electron chi connectivity index (χ0n) is 9.90. The lowest BCUT2D eigenvalue weighted by molar-refractivity contribution is 0.584. The third-order valence-corrected chi connectivity index (χ3v) is 3.86. The predicted octanol–water partition coefficient (Wildman–Crippen LogP) is 1.56. The van der Waals surface area contributed by atoms with Crippen molar-refractivity contribution < 1.29 is 8.42 Å². The first-order valence-corrected chi connectivity index (χ1v) is 7.42. The van der Waals surface area contributed by atoms with E-state index in [-0.39, 0.29) is 12.3 Å². The SMILES string of the molecule is CCNS(=O)(=O)CCNc1cc(Cl)ccc1C#N. The van der Waals surface area contributed by atoms with Crippen LogP contribution >= 0.6 is 11.6 Å². The topological polar surface area (TPSA) is 82.0 Å². The van der Waals surface area contributed by atoms with Crippen LogP contribution in [0.4, 0.5) is 5.69 Å². The zero-order chi connectivity index (χ0) is 13.6. The molecule has 2 N–H and O–H groups in total. The second-order valence-corrected chi connectivity index (χ2v) is 5.91. The molecule has 1 rings (SSSR count). The molecule has 0 aromatic heterocycles. The van der Waals surface area contributed by atoms with Crippen LogP contribution in [-0.4, -0.2) is 27.3 Å². The van der Waals surface area contributed by atoms with Gasteiger partial charge in [-0.1, -0.05) is 18.5 Å². The molecule has 0 aliphatic carbocycles. The number of benzene rings is 1. The fourth-order valence-corrected chi connectivity index (χ4v) is 2.50. The highest BCUT2D eigenvalue weighted by molar-refractivity contribution is 7.89. The molecule has 98 valence electrons. The van der Waals surface area contributed by atoms with Gasteiger partial charge in [-0.2, -0.15) is 5.26 Å². The van der Waals surface area contributed by atoms with Crippen LogP contribution in [0.2, 0.25) is 5.02 Å². The lowest BCUT2D eigenvalue weighted by atomic mass is 10.2. The number of sulfonamides is 1. The number of anilines is 1. The lowest BCUT2D eigenvalue weighted by Crippen LogP contribution is -2.29. The van der Waals surface area contributed by atoms with E-state index in [9.17, 15) is 8.42 Å². The molecule has 0 atom stereocenters. The van der Waals surface area contributed by atoms with Crippen LogP contribution in [0.25, 0.3) is 0 Å². The van der Waals surface area contributed by atoms with Gasteiger partial charge in [0.15, 0.2) is 0 Å². The first kappa shape index (κ1) is 14.8. The van der Waals surface area contributed by atoms with Gasteiger partial charge in [0.25, 0.3) is 0 Å². The molecule has 0 spiro atoms. The zero-order valence-corrected chi connectivity index (χ0v) is 11.5. The Morgan fingerprint density at radius 3 is 2.78 bits per heavy atom. The monoisotopic (exact) mass is 287 g/mol. The second-order valence-electron chi connectivity index (χ2n) is 3.55. The van der Waals surface area contributed by atoms with Gasteiger partial charge in [0, 0.05) is 18.1 Å². The van der Waals surface area contributed by atoms with Crippen molar-refractivity contribution in [1.82, 2.24) is 4.72 Å². The van der Waals surface area contributed by atoms with E-state index < -0.39 is 10.0 Å². The van der Waals surface area contributed by atoms with Gasteiger partial charge in [-0.3, -0.25) is 0 Å². The summed E-state index contributed by atoms with van der Waals surface area (Å²) in [6.45, 7) is 2.29. The van der Waals surface area contributed by atoms with E-state index in [0.29, 0.717) is 22.8 Å². The Kier molecular flexibility index (Phi) is 5.41. The molecule has 0 radical (unpaired) electrons. The number of nitrogens with one attached hydrogen (secondary N) is 2. The summed E-state index contributed by atoms with van der Waals surface area (Å²) in [5, 5.41) is 12.3. The Bertz CT molecular complexity index is 552. The minimum atomic E-state index is -3.26. The third kappa shape index (κ3) is 4.53.